The van der Waals surface area contributed by atoms with Gasteiger partial charge in [0.25, 0.3) is 0 Å². The molecule has 2 fully saturated rings. The molecule has 4 nitrogen and oxygen atoms in total. The van der Waals surface area contributed by atoms with Gasteiger partial charge in [-0.05, 0) is 59.4 Å². The number of carbonyl (C=O) groups is 3. The van der Waals surface area contributed by atoms with Crippen LogP contribution in [-0.2, 0) is 25.2 Å². The third kappa shape index (κ3) is 3.53. The fourth-order valence-electron chi connectivity index (χ4n) is 8.44. The minimum Gasteiger partial charge on any atom is -0.297 e. The predicted molar refractivity (Wildman–Crippen MR) is 181 cm³/mol. The molecule has 3 aliphatic rings. The van der Waals surface area contributed by atoms with Gasteiger partial charge in [0, 0.05) is 0 Å². The normalized spacial score (nSPS) is 25.0. The van der Waals surface area contributed by atoms with E-state index in [9.17, 15) is 0 Å². The summed E-state index contributed by atoms with van der Waals surface area (Å²) in [4.78, 5) is 47.2. The Bertz CT molecular complexity index is 1960. The molecular weight excluding hydrogens is 590 g/mol. The number of benzene rings is 5. The van der Waals surface area contributed by atoms with Crippen molar-refractivity contribution in [1.82, 2.24) is 0 Å². The Morgan fingerprint density at radius 1 is 0.522 bits per heavy atom. The van der Waals surface area contributed by atoms with Crippen molar-refractivity contribution in [3.05, 3.63) is 172 Å². The number of amides is 2. The fourth-order valence-corrected chi connectivity index (χ4v) is 8.66. The van der Waals surface area contributed by atoms with Crippen molar-refractivity contribution in [2.24, 2.45) is 11.8 Å². The zero-order valence-corrected chi connectivity index (χ0v) is 26.2. The Morgan fingerprint density at radius 3 is 1.33 bits per heavy atom. The van der Waals surface area contributed by atoms with Crippen molar-refractivity contribution >= 4 is 46.0 Å². The van der Waals surface area contributed by atoms with Gasteiger partial charge in [-0.15, -0.1) is 0 Å². The number of nitrogens with zero attached hydrogens (tertiary/aromatic N) is 1. The molecule has 5 heteroatoms. The first kappa shape index (κ1) is 28.4. The largest absolute Gasteiger partial charge is 0.297 e. The Hall–Kier alpha value is -5.06. The number of fused-ring (bicyclic) bond motifs is 5. The van der Waals surface area contributed by atoms with Gasteiger partial charge in [-0.1, -0.05) is 144 Å². The molecule has 1 aliphatic heterocycles. The summed E-state index contributed by atoms with van der Waals surface area (Å²) in [7, 11) is 0. The highest BCUT2D eigenvalue weighted by molar-refractivity contribution is 6.41. The second-order valence-corrected chi connectivity index (χ2v) is 13.0. The Labute approximate surface area is 273 Å². The van der Waals surface area contributed by atoms with Gasteiger partial charge in [-0.2, -0.15) is 0 Å². The number of carbonyl (C=O) groups excluding carboxylic acids is 3. The van der Waals surface area contributed by atoms with Crippen molar-refractivity contribution in [3.8, 4) is 0 Å². The van der Waals surface area contributed by atoms with Crippen LogP contribution in [0, 0.1) is 25.7 Å². The highest BCUT2D eigenvalue weighted by Gasteiger charge is 2.82. The van der Waals surface area contributed by atoms with Gasteiger partial charge in [0.15, 0.2) is 5.78 Å². The lowest BCUT2D eigenvalue weighted by atomic mass is 9.59. The molecule has 0 spiro atoms. The number of allylic oxidation sites excluding steroid dienone is 2. The van der Waals surface area contributed by atoms with E-state index in [0.29, 0.717) is 21.8 Å². The van der Waals surface area contributed by atoms with Crippen molar-refractivity contribution < 1.29 is 14.4 Å². The van der Waals surface area contributed by atoms with E-state index in [2.05, 4.69) is 0 Å². The zero-order chi connectivity index (χ0) is 31.8. The molecule has 2 aliphatic carbocycles. The van der Waals surface area contributed by atoms with Crippen LogP contribution < -0.4 is 4.90 Å². The molecule has 0 radical (unpaired) electrons. The van der Waals surface area contributed by atoms with Crippen LogP contribution in [0.4, 0.5) is 5.69 Å². The third-order valence-corrected chi connectivity index (χ3v) is 10.5. The lowest BCUT2D eigenvalue weighted by molar-refractivity contribution is -0.130. The molecule has 0 unspecified atom stereocenters. The summed E-state index contributed by atoms with van der Waals surface area (Å²) in [5, 5.41) is 0.302. The van der Waals surface area contributed by atoms with Crippen molar-refractivity contribution in [1.29, 1.82) is 0 Å². The van der Waals surface area contributed by atoms with Crippen LogP contribution in [0.3, 0.4) is 0 Å². The zero-order valence-electron chi connectivity index (χ0n) is 25.4. The van der Waals surface area contributed by atoms with Crippen LogP contribution >= 0.6 is 11.6 Å². The van der Waals surface area contributed by atoms with E-state index in [4.69, 9.17) is 11.6 Å². The average Bonchev–Trinajstić information content (AvgIpc) is 3.59. The summed E-state index contributed by atoms with van der Waals surface area (Å²) in [6.45, 7) is 4.06. The molecule has 46 heavy (non-hydrogen) atoms. The summed E-state index contributed by atoms with van der Waals surface area (Å²) < 4.78 is 0. The van der Waals surface area contributed by atoms with Gasteiger partial charge in [0.05, 0.1) is 33.4 Å². The molecule has 0 N–H and O–H groups in total. The van der Waals surface area contributed by atoms with E-state index in [1.807, 2.05) is 123 Å². The Kier molecular flexibility index (Phi) is 6.32. The standard InChI is InChI=1S/C41H30ClNO3/c1-25-17-21-27(22-18-25)33-34(28-23-19-26(2)20-24-28)41(30-13-7-4-8-14-30)36-35(40(33,39(41)46)29-11-5-3-6-12-29)37(44)43(38(36)45)32-16-10-9-15-31(32)42/h3-24,35-36H,1-2H3/t35-,36+,40-,41-/m1/s1. The summed E-state index contributed by atoms with van der Waals surface area (Å²) in [5.41, 5.74) is 4.27. The maximum atomic E-state index is 15.9. The maximum absolute atomic E-state index is 15.9. The van der Waals surface area contributed by atoms with E-state index in [0.717, 1.165) is 33.4 Å². The second-order valence-electron chi connectivity index (χ2n) is 12.6. The van der Waals surface area contributed by atoms with Gasteiger partial charge in [-0.25, -0.2) is 4.90 Å². The smallest absolute Gasteiger partial charge is 0.239 e. The monoisotopic (exact) mass is 619 g/mol. The lowest BCUT2D eigenvalue weighted by Crippen LogP contribution is -2.45. The number of ketones is 1. The minimum absolute atomic E-state index is 0.140. The number of halogens is 1. The number of hydrogen-bond donors (Lipinski definition) is 0. The third-order valence-electron chi connectivity index (χ3n) is 10.2. The number of hydrogen-bond acceptors (Lipinski definition) is 3. The number of anilines is 1. The van der Waals surface area contributed by atoms with Gasteiger partial charge in [-0.3, -0.25) is 14.4 Å². The molecule has 2 bridgehead atoms. The van der Waals surface area contributed by atoms with Crippen LogP contribution in [0.15, 0.2) is 133 Å². The molecule has 1 saturated heterocycles. The molecular formula is C41H30ClNO3. The molecule has 8 rings (SSSR count). The number of Topliss-reactive ketones (excluding diaryl/α,β-unsaturated/α-hetero) is 1. The minimum atomic E-state index is -1.44. The molecule has 5 aromatic carbocycles. The van der Waals surface area contributed by atoms with Crippen molar-refractivity contribution in [2.75, 3.05) is 4.90 Å². The molecule has 1 saturated carbocycles. The van der Waals surface area contributed by atoms with E-state index in [1.165, 1.54) is 4.90 Å². The van der Waals surface area contributed by atoms with Crippen LogP contribution in [0.2, 0.25) is 5.02 Å². The summed E-state index contributed by atoms with van der Waals surface area (Å²) in [5.74, 6) is -2.94. The van der Waals surface area contributed by atoms with Crippen LogP contribution in [0.5, 0.6) is 0 Å². The van der Waals surface area contributed by atoms with Gasteiger partial charge >= 0.3 is 0 Å². The van der Waals surface area contributed by atoms with Gasteiger partial charge in [0.1, 0.15) is 0 Å². The van der Waals surface area contributed by atoms with Crippen molar-refractivity contribution in [2.45, 2.75) is 24.7 Å². The molecule has 1 heterocycles. The average molecular weight is 620 g/mol. The Balaban J connectivity index is 1.57. The first-order valence-corrected chi connectivity index (χ1v) is 15.9. The van der Waals surface area contributed by atoms with Crippen LogP contribution in [0.1, 0.15) is 33.4 Å². The summed E-state index contributed by atoms with van der Waals surface area (Å²) in [6, 6.07) is 42.4. The van der Waals surface area contributed by atoms with E-state index in [1.54, 1.807) is 24.3 Å². The van der Waals surface area contributed by atoms with Gasteiger partial charge in [0.2, 0.25) is 11.8 Å². The van der Waals surface area contributed by atoms with Crippen LogP contribution in [-0.4, -0.2) is 17.6 Å². The summed E-state index contributed by atoms with van der Waals surface area (Å²) in [6.07, 6.45) is 0. The van der Waals surface area contributed by atoms with Crippen LogP contribution in [0.25, 0.3) is 11.1 Å². The van der Waals surface area contributed by atoms with Gasteiger partial charge < -0.3 is 0 Å². The number of rotatable bonds is 5. The molecule has 5 aromatic rings. The fraction of sp³-hybridized carbons (Fsp3) is 0.146. The molecule has 0 aromatic heterocycles. The molecule has 224 valence electrons. The molecule has 2 amide bonds. The number of para-hydroxylation sites is 1. The SMILES string of the molecule is Cc1ccc(C2=C(c3ccc(C)cc3)[C@@]3(c4ccccc4)C(=O)[C@@]2(c2ccccc2)[C@@H]2C(=O)N(c4ccccc4Cl)C(=O)[C@@H]23)cc1. The lowest BCUT2D eigenvalue weighted by Gasteiger charge is -2.39. The first-order chi connectivity index (χ1) is 22.3. The number of aryl methyl sites for hydroxylation is 2. The number of imide groups is 1. The summed E-state index contributed by atoms with van der Waals surface area (Å²) >= 11 is 6.67. The van der Waals surface area contributed by atoms with E-state index in [-0.39, 0.29) is 5.78 Å². The Morgan fingerprint density at radius 2 is 0.913 bits per heavy atom. The molecule has 4 atom stereocenters. The highest BCUT2D eigenvalue weighted by atomic mass is 35.5. The maximum Gasteiger partial charge on any atom is 0.239 e. The van der Waals surface area contributed by atoms with E-state index >= 15 is 14.4 Å². The van der Waals surface area contributed by atoms with E-state index < -0.39 is 34.5 Å². The van der Waals surface area contributed by atoms with Crippen molar-refractivity contribution in [3.63, 3.8) is 0 Å². The highest BCUT2D eigenvalue weighted by Crippen LogP contribution is 2.74. The first-order valence-electron chi connectivity index (χ1n) is 15.5. The quantitative estimate of drug-likeness (QED) is 0.187. The second kappa shape index (κ2) is 10.2. The predicted octanol–water partition coefficient (Wildman–Crippen LogP) is 8.15. The topological polar surface area (TPSA) is 54.5 Å².